The van der Waals surface area contributed by atoms with E-state index < -0.39 is 11.9 Å². The molecule has 0 saturated heterocycles. The second-order valence-corrected chi connectivity index (χ2v) is 6.29. The molecule has 0 aliphatic heterocycles. The van der Waals surface area contributed by atoms with Gasteiger partial charge in [0, 0.05) is 18.7 Å². The number of fused-ring (bicyclic) bond motifs is 1. The molecule has 0 atom stereocenters. The van der Waals surface area contributed by atoms with Crippen LogP contribution in [0.1, 0.15) is 31.1 Å². The van der Waals surface area contributed by atoms with Gasteiger partial charge in [-0.05, 0) is 47.2 Å². The van der Waals surface area contributed by atoms with Crippen LogP contribution < -0.4 is 15.4 Å². The molecule has 0 heterocycles. The molecule has 0 aromatic heterocycles. The van der Waals surface area contributed by atoms with Crippen molar-refractivity contribution in [3.63, 3.8) is 0 Å². The third-order valence-corrected chi connectivity index (χ3v) is 4.41. The molecule has 7 heteroatoms. The Labute approximate surface area is 167 Å². The molecule has 3 aromatic rings. The van der Waals surface area contributed by atoms with Crippen LogP contribution in [-0.4, -0.2) is 43.1 Å². The van der Waals surface area contributed by atoms with Crippen LogP contribution in [0.2, 0.25) is 0 Å². The lowest BCUT2D eigenvalue weighted by Crippen LogP contribution is -2.35. The Morgan fingerprint density at radius 2 is 1.38 bits per heavy atom. The summed E-state index contributed by atoms with van der Waals surface area (Å²) in [6.45, 7) is 0.360. The number of amides is 2. The molecule has 3 rings (SSSR count). The maximum Gasteiger partial charge on any atom is 0.336 e. The van der Waals surface area contributed by atoms with Gasteiger partial charge in [0.15, 0.2) is 0 Å². The van der Waals surface area contributed by atoms with Crippen molar-refractivity contribution < 1.29 is 24.2 Å². The number of hydrogen-bond donors (Lipinski definition) is 3. The highest BCUT2D eigenvalue weighted by molar-refractivity contribution is 6.08. The highest BCUT2D eigenvalue weighted by Crippen LogP contribution is 2.20. The zero-order valence-electron chi connectivity index (χ0n) is 15.8. The molecule has 0 radical (unpaired) electrons. The smallest absolute Gasteiger partial charge is 0.336 e. The summed E-state index contributed by atoms with van der Waals surface area (Å²) in [5.41, 5.74) is 0.487. The Hall–Kier alpha value is -3.87. The molecule has 0 aliphatic carbocycles. The van der Waals surface area contributed by atoms with Crippen LogP contribution in [0.15, 0.2) is 60.7 Å². The van der Waals surface area contributed by atoms with Gasteiger partial charge in [-0.3, -0.25) is 9.59 Å². The fourth-order valence-corrected chi connectivity index (χ4v) is 2.90. The third-order valence-electron chi connectivity index (χ3n) is 4.41. The molecule has 0 saturated carbocycles. The van der Waals surface area contributed by atoms with E-state index in [1.807, 2.05) is 12.1 Å². The van der Waals surface area contributed by atoms with Crippen molar-refractivity contribution >= 4 is 28.6 Å². The molecular weight excluding hydrogens is 372 g/mol. The van der Waals surface area contributed by atoms with E-state index in [4.69, 9.17) is 4.74 Å². The minimum Gasteiger partial charge on any atom is -0.497 e. The monoisotopic (exact) mass is 392 g/mol. The van der Waals surface area contributed by atoms with E-state index in [2.05, 4.69) is 10.6 Å². The molecule has 0 fully saturated rings. The molecule has 0 unspecified atom stereocenters. The van der Waals surface area contributed by atoms with Crippen molar-refractivity contribution in [2.45, 2.75) is 0 Å². The number of ether oxygens (including phenoxy) is 1. The summed E-state index contributed by atoms with van der Waals surface area (Å²) in [5.74, 6) is -1.31. The summed E-state index contributed by atoms with van der Waals surface area (Å²) in [6.07, 6.45) is 0. The molecule has 3 aromatic carbocycles. The maximum atomic E-state index is 12.5. The van der Waals surface area contributed by atoms with E-state index in [0.29, 0.717) is 11.3 Å². The van der Waals surface area contributed by atoms with E-state index >= 15 is 0 Å². The van der Waals surface area contributed by atoms with Crippen molar-refractivity contribution in [2.24, 2.45) is 0 Å². The number of carboxylic acids is 1. The number of carbonyl (C=O) groups excluding carboxylic acids is 2. The number of aromatic carboxylic acids is 1. The summed E-state index contributed by atoms with van der Waals surface area (Å²) in [7, 11) is 1.54. The normalized spacial score (nSPS) is 10.4. The van der Waals surface area contributed by atoms with Gasteiger partial charge in [-0.2, -0.15) is 0 Å². The maximum absolute atomic E-state index is 12.5. The predicted octanol–water partition coefficient (Wildman–Crippen LogP) is 2.71. The second kappa shape index (κ2) is 8.88. The molecular formula is C22H20N2O5. The summed E-state index contributed by atoms with van der Waals surface area (Å²) >= 11 is 0. The van der Waals surface area contributed by atoms with Crippen molar-refractivity contribution in [2.75, 3.05) is 20.2 Å². The Morgan fingerprint density at radius 1 is 0.828 bits per heavy atom. The molecule has 3 N–H and O–H groups in total. The number of carboxylic acid groups (broad SMARTS) is 1. The Kier molecular flexibility index (Phi) is 6.09. The van der Waals surface area contributed by atoms with Crippen LogP contribution >= 0.6 is 0 Å². The second-order valence-electron chi connectivity index (χ2n) is 6.29. The van der Waals surface area contributed by atoms with E-state index in [-0.39, 0.29) is 30.1 Å². The van der Waals surface area contributed by atoms with Crippen LogP contribution in [0.3, 0.4) is 0 Å². The van der Waals surface area contributed by atoms with Crippen LogP contribution in [0, 0.1) is 0 Å². The quantitative estimate of drug-likeness (QED) is 0.536. The summed E-state index contributed by atoms with van der Waals surface area (Å²) in [5, 5.41) is 16.3. The topological polar surface area (TPSA) is 105 Å². The fraction of sp³-hybridized carbons (Fsp3) is 0.136. The number of benzene rings is 3. The zero-order chi connectivity index (χ0) is 20.8. The first kappa shape index (κ1) is 19.9. The number of nitrogens with one attached hydrogen (secondary N) is 2. The zero-order valence-corrected chi connectivity index (χ0v) is 15.8. The van der Waals surface area contributed by atoms with Gasteiger partial charge in [0.2, 0.25) is 0 Å². The van der Waals surface area contributed by atoms with Gasteiger partial charge in [0.05, 0.1) is 18.2 Å². The Morgan fingerprint density at radius 3 is 1.93 bits per heavy atom. The van der Waals surface area contributed by atoms with Gasteiger partial charge < -0.3 is 20.5 Å². The number of hydrogen-bond acceptors (Lipinski definition) is 4. The Bertz CT molecular complexity index is 1060. The highest BCUT2D eigenvalue weighted by Gasteiger charge is 2.17. The number of methoxy groups -OCH3 is 1. The molecule has 29 heavy (non-hydrogen) atoms. The first-order valence-corrected chi connectivity index (χ1v) is 8.96. The van der Waals surface area contributed by atoms with Crippen LogP contribution in [0.25, 0.3) is 10.8 Å². The molecule has 7 nitrogen and oxygen atoms in total. The van der Waals surface area contributed by atoms with Crippen LogP contribution in [0.4, 0.5) is 0 Å². The van der Waals surface area contributed by atoms with Crippen molar-refractivity contribution in [3.05, 3.63) is 77.4 Å². The van der Waals surface area contributed by atoms with Gasteiger partial charge in [-0.1, -0.05) is 24.3 Å². The van der Waals surface area contributed by atoms with E-state index in [1.54, 1.807) is 49.6 Å². The Balaban J connectivity index is 1.61. The van der Waals surface area contributed by atoms with E-state index in [0.717, 1.165) is 10.8 Å². The fourth-order valence-electron chi connectivity index (χ4n) is 2.90. The number of rotatable bonds is 7. The van der Waals surface area contributed by atoms with E-state index in [9.17, 15) is 19.5 Å². The predicted molar refractivity (Wildman–Crippen MR) is 109 cm³/mol. The standard InChI is InChI=1S/C22H20N2O5/c1-29-17-8-6-14(7-9-17)20(25)23-10-11-24-21(26)18-12-15-4-2-3-5-16(15)13-19(18)22(27)28/h2-9,12-13H,10-11H2,1H3,(H,23,25)(H,24,26)(H,27,28). The summed E-state index contributed by atoms with van der Waals surface area (Å²) in [4.78, 5) is 36.2. The minimum atomic E-state index is -1.17. The average Bonchev–Trinajstić information content (AvgIpc) is 2.75. The van der Waals surface area contributed by atoms with Crippen LogP contribution in [-0.2, 0) is 0 Å². The third kappa shape index (κ3) is 4.70. The lowest BCUT2D eigenvalue weighted by molar-refractivity contribution is 0.0691. The lowest BCUT2D eigenvalue weighted by atomic mass is 10.0. The molecule has 2 amide bonds. The van der Waals surface area contributed by atoms with Gasteiger partial charge in [-0.25, -0.2) is 4.79 Å². The van der Waals surface area contributed by atoms with E-state index in [1.165, 1.54) is 6.07 Å². The van der Waals surface area contributed by atoms with Gasteiger partial charge in [-0.15, -0.1) is 0 Å². The first-order valence-electron chi connectivity index (χ1n) is 8.96. The average molecular weight is 392 g/mol. The largest absolute Gasteiger partial charge is 0.497 e. The highest BCUT2D eigenvalue weighted by atomic mass is 16.5. The van der Waals surface area contributed by atoms with Crippen molar-refractivity contribution in [1.82, 2.24) is 10.6 Å². The van der Waals surface area contributed by atoms with Gasteiger partial charge in [0.25, 0.3) is 11.8 Å². The lowest BCUT2D eigenvalue weighted by Gasteiger charge is -2.10. The van der Waals surface area contributed by atoms with Crippen LogP contribution in [0.5, 0.6) is 5.75 Å². The van der Waals surface area contributed by atoms with Gasteiger partial charge in [0.1, 0.15) is 5.75 Å². The number of carbonyl (C=O) groups is 3. The molecule has 0 bridgehead atoms. The van der Waals surface area contributed by atoms with Gasteiger partial charge >= 0.3 is 5.97 Å². The molecule has 148 valence electrons. The minimum absolute atomic E-state index is 0.0662. The van der Waals surface area contributed by atoms with Crippen molar-refractivity contribution in [1.29, 1.82) is 0 Å². The summed E-state index contributed by atoms with van der Waals surface area (Å²) < 4.78 is 5.05. The molecule has 0 aliphatic rings. The summed E-state index contributed by atoms with van der Waals surface area (Å²) in [6, 6.07) is 16.9. The molecule has 0 spiro atoms. The SMILES string of the molecule is COc1ccc(C(=O)NCCNC(=O)c2cc3ccccc3cc2C(=O)O)cc1. The van der Waals surface area contributed by atoms with Crippen molar-refractivity contribution in [3.8, 4) is 5.75 Å². The first-order chi connectivity index (χ1) is 14.0.